The lowest BCUT2D eigenvalue weighted by Crippen LogP contribution is -2.49. The zero-order valence-electron chi connectivity index (χ0n) is 30.6. The third-order valence-corrected chi connectivity index (χ3v) is 11.1. The number of likely N-dealkylation sites (tertiary alicyclic amines) is 1. The van der Waals surface area contributed by atoms with Crippen molar-refractivity contribution in [2.24, 2.45) is 0 Å². The summed E-state index contributed by atoms with van der Waals surface area (Å²) in [4.78, 5) is 67.2. The van der Waals surface area contributed by atoms with E-state index in [0.717, 1.165) is 22.3 Å². The number of aliphatic hydroxyl groups excluding tert-OH is 1. The van der Waals surface area contributed by atoms with E-state index >= 15 is 0 Å². The largest absolute Gasteiger partial charge is 0.505 e. The Morgan fingerprint density at radius 1 is 0.966 bits per heavy atom. The molecule has 2 aromatic carbocycles. The van der Waals surface area contributed by atoms with Crippen LogP contribution in [0, 0.1) is 0 Å². The summed E-state index contributed by atoms with van der Waals surface area (Å²) in [6.45, 7) is 1.25. The van der Waals surface area contributed by atoms with Crippen molar-refractivity contribution in [2.45, 2.75) is 37.8 Å². The SMILES string of the molecule is O=C(Cn1c2c(c(=O)n3nc(-c4ccc(N5CCN(C(=O)CO)CC5)cc4)nc13)C1(CCN(C(=O)c3ncccc3O)CC1)OC2)Nc1ccc(C(F)(F)F)cc1Cl. The first-order valence-corrected chi connectivity index (χ1v) is 18.6. The number of alkyl halides is 3. The second kappa shape index (κ2) is 15.0. The highest BCUT2D eigenvalue weighted by Gasteiger charge is 2.48. The molecule has 0 radical (unpaired) electrons. The van der Waals surface area contributed by atoms with Gasteiger partial charge in [0.25, 0.3) is 11.5 Å². The van der Waals surface area contributed by atoms with Crippen LogP contribution < -0.4 is 15.8 Å². The van der Waals surface area contributed by atoms with Crippen LogP contribution in [0.25, 0.3) is 17.2 Å². The molecular formula is C38H35ClF3N9O7. The Balaban J connectivity index is 1.12. The van der Waals surface area contributed by atoms with Gasteiger partial charge in [0.15, 0.2) is 11.5 Å². The van der Waals surface area contributed by atoms with Crippen molar-refractivity contribution in [3.05, 3.63) is 98.7 Å². The summed E-state index contributed by atoms with van der Waals surface area (Å²) in [6, 6.07) is 12.7. The fraction of sp³-hybridized carbons (Fsp3) is 0.342. The average Bonchev–Trinajstić information content (AvgIpc) is 3.83. The summed E-state index contributed by atoms with van der Waals surface area (Å²) in [5.74, 6) is -1.56. The summed E-state index contributed by atoms with van der Waals surface area (Å²) in [5, 5.41) is 26.3. The molecular weight excluding hydrogens is 787 g/mol. The number of amides is 3. The van der Waals surface area contributed by atoms with E-state index in [2.05, 4.69) is 20.3 Å². The normalized spacial score (nSPS) is 16.5. The molecule has 2 fully saturated rings. The molecule has 1 spiro atoms. The molecule has 3 N–H and O–H groups in total. The number of nitrogens with one attached hydrogen (secondary N) is 1. The molecule has 302 valence electrons. The van der Waals surface area contributed by atoms with Crippen LogP contribution in [0.2, 0.25) is 5.02 Å². The molecule has 0 atom stereocenters. The van der Waals surface area contributed by atoms with E-state index in [4.69, 9.17) is 21.3 Å². The Bertz CT molecular complexity index is 2490. The van der Waals surface area contributed by atoms with Gasteiger partial charge in [-0.1, -0.05) is 11.6 Å². The molecule has 2 saturated heterocycles. The van der Waals surface area contributed by atoms with E-state index < -0.39 is 47.9 Å². The Morgan fingerprint density at radius 2 is 1.69 bits per heavy atom. The number of anilines is 2. The number of hydrogen-bond donors (Lipinski definition) is 3. The Labute approximate surface area is 332 Å². The number of aromatic nitrogens is 5. The number of nitrogens with zero attached hydrogens (tertiary/aromatic N) is 8. The first kappa shape index (κ1) is 38.8. The molecule has 0 bridgehead atoms. The fourth-order valence-electron chi connectivity index (χ4n) is 7.71. The van der Waals surface area contributed by atoms with E-state index in [9.17, 15) is 42.6 Å². The van der Waals surface area contributed by atoms with Crippen LogP contribution in [-0.4, -0.2) is 108 Å². The van der Waals surface area contributed by atoms with Gasteiger partial charge < -0.3 is 39.5 Å². The lowest BCUT2D eigenvalue weighted by atomic mass is 9.85. The van der Waals surface area contributed by atoms with Crippen LogP contribution in [0.3, 0.4) is 0 Å². The zero-order chi connectivity index (χ0) is 40.9. The maximum Gasteiger partial charge on any atom is 0.416 e. The molecule has 0 aliphatic carbocycles. The minimum atomic E-state index is -4.64. The van der Waals surface area contributed by atoms with Crippen molar-refractivity contribution in [2.75, 3.05) is 56.1 Å². The van der Waals surface area contributed by atoms with Crippen molar-refractivity contribution in [3.63, 3.8) is 0 Å². The number of carbonyl (C=O) groups is 3. The van der Waals surface area contributed by atoms with E-state index in [1.54, 1.807) is 17.0 Å². The van der Waals surface area contributed by atoms with Crippen molar-refractivity contribution < 1.29 is 42.5 Å². The fourth-order valence-corrected chi connectivity index (χ4v) is 7.94. The summed E-state index contributed by atoms with van der Waals surface area (Å²) < 4.78 is 48.8. The predicted octanol–water partition coefficient (Wildman–Crippen LogP) is 3.27. The summed E-state index contributed by atoms with van der Waals surface area (Å²) in [6.07, 6.45) is -2.85. The minimum absolute atomic E-state index is 0.0139. The highest BCUT2D eigenvalue weighted by Crippen LogP contribution is 2.43. The van der Waals surface area contributed by atoms with Crippen molar-refractivity contribution in [3.8, 4) is 17.1 Å². The van der Waals surface area contributed by atoms with Gasteiger partial charge in [-0.05, 0) is 67.4 Å². The molecule has 3 aliphatic rings. The average molecular weight is 822 g/mol. The number of hydrogen-bond acceptors (Lipinski definition) is 11. The van der Waals surface area contributed by atoms with E-state index in [0.29, 0.717) is 43.5 Å². The summed E-state index contributed by atoms with van der Waals surface area (Å²) >= 11 is 6.15. The topological polar surface area (TPSA) is 188 Å². The second-order valence-electron chi connectivity index (χ2n) is 14.1. The van der Waals surface area contributed by atoms with Crippen molar-refractivity contribution in [1.29, 1.82) is 0 Å². The van der Waals surface area contributed by atoms with E-state index in [1.807, 2.05) is 12.1 Å². The van der Waals surface area contributed by atoms with Crippen LogP contribution in [0.4, 0.5) is 24.5 Å². The number of piperazine rings is 1. The number of pyridine rings is 1. The lowest BCUT2D eigenvalue weighted by Gasteiger charge is -2.38. The highest BCUT2D eigenvalue weighted by atomic mass is 35.5. The van der Waals surface area contributed by atoms with E-state index in [1.165, 1.54) is 27.8 Å². The number of aliphatic hydroxyl groups is 1. The Kier molecular flexibility index (Phi) is 10.1. The van der Waals surface area contributed by atoms with Gasteiger partial charge in [-0.3, -0.25) is 19.2 Å². The third-order valence-electron chi connectivity index (χ3n) is 10.8. The maximum atomic E-state index is 14.4. The van der Waals surface area contributed by atoms with Gasteiger partial charge in [-0.25, -0.2) is 4.98 Å². The zero-order valence-corrected chi connectivity index (χ0v) is 31.3. The monoisotopic (exact) mass is 821 g/mol. The number of rotatable bonds is 7. The lowest BCUT2D eigenvalue weighted by molar-refractivity contribution is -0.137. The number of carbonyl (C=O) groups excluding carboxylic acids is 3. The highest BCUT2D eigenvalue weighted by molar-refractivity contribution is 6.33. The van der Waals surface area contributed by atoms with Gasteiger partial charge in [0.05, 0.1) is 34.1 Å². The van der Waals surface area contributed by atoms with Crippen LogP contribution in [0.1, 0.15) is 40.2 Å². The molecule has 3 aromatic heterocycles. The smallest absolute Gasteiger partial charge is 0.416 e. The Morgan fingerprint density at radius 3 is 2.34 bits per heavy atom. The third kappa shape index (κ3) is 7.09. The van der Waals surface area contributed by atoms with Crippen LogP contribution in [0.5, 0.6) is 5.75 Å². The number of halogens is 4. The molecule has 58 heavy (non-hydrogen) atoms. The maximum absolute atomic E-state index is 14.4. The first-order valence-electron chi connectivity index (χ1n) is 18.3. The van der Waals surface area contributed by atoms with Crippen molar-refractivity contribution in [1.82, 2.24) is 33.9 Å². The Hall–Kier alpha value is -6.05. The number of benzene rings is 2. The molecule has 6 heterocycles. The second-order valence-corrected chi connectivity index (χ2v) is 14.5. The minimum Gasteiger partial charge on any atom is -0.505 e. The standard InChI is InChI=1S/C38H35ClF3N9O7/c39-25-18-23(38(40,41)42)5-8-26(25)44-29(54)19-50-27-21-58-37(9-12-49(13-10-37)35(57)32-28(53)2-1-11-43-32)31(27)34(56)51-36(50)45-33(46-51)22-3-6-24(7-4-22)47-14-16-48(17-15-47)30(55)20-52/h1-8,11,18,52-53H,9-10,12-17,19-21H2,(H,44,54). The molecule has 0 unspecified atom stereocenters. The van der Waals surface area contributed by atoms with Gasteiger partial charge in [0.2, 0.25) is 17.6 Å². The van der Waals surface area contributed by atoms with Crippen LogP contribution in [0.15, 0.2) is 65.6 Å². The number of aromatic hydroxyl groups is 1. The molecule has 0 saturated carbocycles. The number of ether oxygens (including phenoxy) is 1. The van der Waals surface area contributed by atoms with Crippen molar-refractivity contribution >= 4 is 46.5 Å². The predicted molar refractivity (Wildman–Crippen MR) is 201 cm³/mol. The van der Waals surface area contributed by atoms with Gasteiger partial charge in [0, 0.05) is 56.7 Å². The molecule has 8 rings (SSSR count). The van der Waals surface area contributed by atoms with Gasteiger partial charge in [-0.15, -0.1) is 5.10 Å². The molecule has 3 amide bonds. The quantitative estimate of drug-likeness (QED) is 0.219. The summed E-state index contributed by atoms with van der Waals surface area (Å²) in [7, 11) is 0. The number of fused-ring (bicyclic) bond motifs is 3. The van der Waals surface area contributed by atoms with Crippen LogP contribution in [-0.2, 0) is 39.3 Å². The molecule has 16 nitrogen and oxygen atoms in total. The first-order chi connectivity index (χ1) is 27.8. The van der Waals surface area contributed by atoms with Crippen LogP contribution >= 0.6 is 11.6 Å². The van der Waals surface area contributed by atoms with Gasteiger partial charge in [0.1, 0.15) is 24.5 Å². The number of piperidine rings is 1. The molecule has 3 aliphatic heterocycles. The van der Waals surface area contributed by atoms with E-state index in [-0.39, 0.29) is 77.8 Å². The molecule has 20 heteroatoms. The van der Waals surface area contributed by atoms with Gasteiger partial charge >= 0.3 is 6.18 Å². The summed E-state index contributed by atoms with van der Waals surface area (Å²) in [5.41, 5.74) is -0.818. The molecule has 5 aromatic rings. The van der Waals surface area contributed by atoms with Gasteiger partial charge in [-0.2, -0.15) is 22.7 Å².